The van der Waals surface area contributed by atoms with Gasteiger partial charge in [-0.1, -0.05) is 178 Å². The van der Waals surface area contributed by atoms with Crippen molar-refractivity contribution >= 4 is 57.2 Å². The summed E-state index contributed by atoms with van der Waals surface area (Å²) < 4.78 is 0. The molecule has 0 unspecified atom stereocenters. The topological polar surface area (TPSA) is 45.2 Å². The van der Waals surface area contributed by atoms with E-state index in [4.69, 9.17) is 0 Å². The number of hydrogen-bond acceptors (Lipinski definition) is 5. The van der Waals surface area contributed by atoms with Crippen molar-refractivity contribution in [1.82, 2.24) is 15.0 Å². The predicted octanol–water partition coefficient (Wildman–Crippen LogP) is 17.0. The van der Waals surface area contributed by atoms with Crippen molar-refractivity contribution < 1.29 is 20.1 Å². The second kappa shape index (κ2) is 27.8. The van der Waals surface area contributed by atoms with Crippen molar-refractivity contribution in [2.24, 2.45) is 0 Å². The molecular weight excluding hydrogens is 1170 g/mol. The van der Waals surface area contributed by atoms with Gasteiger partial charge in [0.25, 0.3) is 0 Å². The zero-order valence-corrected chi connectivity index (χ0v) is 49.5. The molecule has 0 N–H and O–H groups in total. The second-order valence-corrected chi connectivity index (χ2v) is 20.2. The third kappa shape index (κ3) is 14.0. The number of aromatic nitrogens is 3. The quantitative estimate of drug-likeness (QED) is 0.0901. The summed E-state index contributed by atoms with van der Waals surface area (Å²) in [5.41, 5.74) is 24.5. The first kappa shape index (κ1) is 57.4. The molecule has 0 aliphatic carbocycles. The number of hydrogen-bond donors (Lipinski definition) is 0. The zero-order valence-electron chi connectivity index (χ0n) is 47.1. The molecule has 5 nitrogen and oxygen atoms in total. The molecule has 3 heterocycles. The average molecular weight is 1240 g/mol. The van der Waals surface area contributed by atoms with Gasteiger partial charge in [0.1, 0.15) is 0 Å². The molecule has 0 atom stereocenters. The Morgan fingerprint density at radius 2 is 0.598 bits per heavy atom. The summed E-state index contributed by atoms with van der Waals surface area (Å²) in [6.07, 6.45) is 5.44. The van der Waals surface area contributed by atoms with Crippen molar-refractivity contribution in [2.45, 2.75) is 41.5 Å². The van der Waals surface area contributed by atoms with Gasteiger partial charge in [0.15, 0.2) is 6.71 Å². The molecule has 0 fully saturated rings. The van der Waals surface area contributed by atoms with Crippen LogP contribution < -0.4 is 26.2 Å². The molecule has 3 aromatic heterocycles. The van der Waals surface area contributed by atoms with Crippen molar-refractivity contribution in [3.8, 4) is 33.8 Å². The summed E-state index contributed by atoms with van der Waals surface area (Å²) in [6, 6.07) is 97.7. The Labute approximate surface area is 499 Å². The Morgan fingerprint density at radius 1 is 0.305 bits per heavy atom. The second-order valence-electron chi connectivity index (χ2n) is 20.2. The Balaban J connectivity index is 0.000000148. The van der Waals surface area contributed by atoms with E-state index < -0.39 is 0 Å². The van der Waals surface area contributed by atoms with Gasteiger partial charge in [-0.15, -0.1) is 94.9 Å². The van der Waals surface area contributed by atoms with Gasteiger partial charge in [-0.2, -0.15) is 0 Å². The summed E-state index contributed by atoms with van der Waals surface area (Å²) in [6.45, 7) is 13.5. The van der Waals surface area contributed by atoms with Gasteiger partial charge in [-0.3, -0.25) is 0 Å². The number of anilines is 6. The van der Waals surface area contributed by atoms with Crippen LogP contribution in [0.25, 0.3) is 33.8 Å². The molecule has 9 aromatic carbocycles. The molecule has 12 aromatic rings. The van der Waals surface area contributed by atoms with Gasteiger partial charge in [-0.25, -0.2) is 0 Å². The summed E-state index contributed by atoms with van der Waals surface area (Å²) in [4.78, 5) is 17.7. The minimum Gasteiger partial charge on any atom is -0.352 e. The first-order chi connectivity index (χ1) is 39.7. The maximum absolute atomic E-state index is 4.48. The normalized spacial score (nSPS) is 10.5. The van der Waals surface area contributed by atoms with E-state index in [9.17, 15) is 0 Å². The molecular formula is C75H63BIrN5. The third-order valence-corrected chi connectivity index (χ3v) is 14.2. The van der Waals surface area contributed by atoms with E-state index >= 15 is 0 Å². The number of aryl methyl sites for hydroxylation is 6. The monoisotopic (exact) mass is 1240 g/mol. The number of pyridine rings is 3. The molecule has 0 spiro atoms. The standard InChI is InChI=1S/C29H29BN.2C23H17N2.Ir/c1-19-15-21(3)28(22(4)16-19)30(29-23(5)17-20(2)18-24(29)6)26-12-10-25(11-13-26)27-9-7-8-14-31-27;2*1-3-9-20(10-4-1)25(21-11-5-2-6-12-21)22-16-14-19(15-17-22)23-13-7-8-18-24-23;/h7-10,12-18H,1-6H3;2*1-14,16-18H;/q3*-1;+3. The third-order valence-electron chi connectivity index (χ3n) is 14.2. The van der Waals surface area contributed by atoms with Gasteiger partial charge in [0, 0.05) is 41.3 Å². The summed E-state index contributed by atoms with van der Waals surface area (Å²) in [5.74, 6) is 0. The molecule has 7 heteroatoms. The number of nitrogens with zero attached hydrogens (tertiary/aromatic N) is 5. The molecule has 0 aliphatic rings. The maximum Gasteiger partial charge on any atom is 3.00 e. The van der Waals surface area contributed by atoms with E-state index in [2.05, 4.69) is 248 Å². The van der Waals surface area contributed by atoms with E-state index in [1.165, 1.54) is 49.8 Å². The predicted molar refractivity (Wildman–Crippen MR) is 341 cm³/mol. The first-order valence-corrected chi connectivity index (χ1v) is 27.4. The minimum atomic E-state index is 0. The smallest absolute Gasteiger partial charge is 0.352 e. The summed E-state index contributed by atoms with van der Waals surface area (Å²) in [5, 5.41) is 0. The van der Waals surface area contributed by atoms with Crippen LogP contribution in [0.4, 0.5) is 34.1 Å². The summed E-state index contributed by atoms with van der Waals surface area (Å²) in [7, 11) is 0. The van der Waals surface area contributed by atoms with Gasteiger partial charge in [0.05, 0.1) is 0 Å². The van der Waals surface area contributed by atoms with Crippen LogP contribution in [0.5, 0.6) is 0 Å². The van der Waals surface area contributed by atoms with Gasteiger partial charge in [-0.05, 0) is 137 Å². The molecule has 0 bridgehead atoms. The Kier molecular flexibility index (Phi) is 19.4. The van der Waals surface area contributed by atoms with Crippen LogP contribution in [-0.2, 0) is 20.1 Å². The van der Waals surface area contributed by atoms with Crippen molar-refractivity contribution in [1.29, 1.82) is 0 Å². The van der Waals surface area contributed by atoms with E-state index in [1.807, 2.05) is 97.2 Å². The number of para-hydroxylation sites is 4. The number of benzene rings is 9. The SMILES string of the molecule is Cc1cc(C)c(B(c2c[c-]c(-c3ccccn3)cc2)c2c(C)cc(C)cc2C)c(C)c1.[Ir+3].[c-]1cc(N(c2ccccc2)c2ccccc2)ccc1-c1ccccn1.[c-]1cc(N(c2ccccc2)c2ccccc2)ccc1-c1ccccn1. The van der Waals surface area contributed by atoms with E-state index in [1.54, 1.807) is 12.4 Å². The molecule has 0 radical (unpaired) electrons. The molecule has 0 amide bonds. The van der Waals surface area contributed by atoms with Gasteiger partial charge in [0.2, 0.25) is 0 Å². The van der Waals surface area contributed by atoms with E-state index in [-0.39, 0.29) is 26.8 Å². The molecule has 0 aliphatic heterocycles. The average Bonchev–Trinajstić information content (AvgIpc) is 3.70. The first-order valence-electron chi connectivity index (χ1n) is 27.4. The van der Waals surface area contributed by atoms with Crippen molar-refractivity contribution in [3.05, 3.63) is 325 Å². The fourth-order valence-electron chi connectivity index (χ4n) is 10.7. The van der Waals surface area contributed by atoms with Crippen LogP contribution in [0.3, 0.4) is 0 Å². The van der Waals surface area contributed by atoms with E-state index in [0.717, 1.165) is 67.9 Å². The molecule has 82 heavy (non-hydrogen) atoms. The van der Waals surface area contributed by atoms with Crippen molar-refractivity contribution in [2.75, 3.05) is 9.80 Å². The molecule has 0 saturated heterocycles. The van der Waals surface area contributed by atoms with Crippen LogP contribution in [0, 0.1) is 59.7 Å². The Hall–Kier alpha value is -9.26. The van der Waals surface area contributed by atoms with Gasteiger partial charge < -0.3 is 24.8 Å². The van der Waals surface area contributed by atoms with E-state index in [0.29, 0.717) is 0 Å². The maximum atomic E-state index is 4.48. The van der Waals surface area contributed by atoms with Crippen molar-refractivity contribution in [3.63, 3.8) is 0 Å². The van der Waals surface area contributed by atoms with Gasteiger partial charge >= 0.3 is 20.1 Å². The largest absolute Gasteiger partial charge is 3.00 e. The molecule has 400 valence electrons. The minimum absolute atomic E-state index is 0. The fourth-order valence-corrected chi connectivity index (χ4v) is 10.7. The molecule has 12 rings (SSSR count). The number of rotatable bonds is 12. The van der Waals surface area contributed by atoms with Crippen LogP contribution in [0.1, 0.15) is 33.4 Å². The summed E-state index contributed by atoms with van der Waals surface area (Å²) >= 11 is 0. The van der Waals surface area contributed by atoms with Crippen LogP contribution in [0.2, 0.25) is 0 Å². The Bertz CT molecular complexity index is 3550. The zero-order chi connectivity index (χ0) is 55.9. The van der Waals surface area contributed by atoms with Crippen LogP contribution in [0.15, 0.2) is 273 Å². The van der Waals surface area contributed by atoms with Crippen LogP contribution >= 0.6 is 0 Å². The molecule has 0 saturated carbocycles. The Morgan fingerprint density at radius 3 is 0.854 bits per heavy atom. The van der Waals surface area contributed by atoms with Crippen LogP contribution in [-0.4, -0.2) is 21.7 Å². The fraction of sp³-hybridized carbons (Fsp3) is 0.0800.